The zero-order valence-corrected chi connectivity index (χ0v) is 16.8. The number of benzene rings is 1. The first-order valence-electron chi connectivity index (χ1n) is 9.56. The minimum Gasteiger partial charge on any atom is -0.351 e. The molecule has 5 nitrogen and oxygen atoms in total. The van der Waals surface area contributed by atoms with Crippen molar-refractivity contribution in [3.63, 3.8) is 0 Å². The minimum atomic E-state index is -0.0332. The normalized spacial score (nSPS) is 17.1. The maximum atomic E-state index is 12.7. The van der Waals surface area contributed by atoms with Crippen LogP contribution in [0.4, 0.5) is 0 Å². The third-order valence-corrected chi connectivity index (χ3v) is 5.67. The van der Waals surface area contributed by atoms with Gasteiger partial charge in [-0.25, -0.2) is 4.98 Å². The van der Waals surface area contributed by atoms with Crippen LogP contribution in [-0.4, -0.2) is 40.8 Å². The lowest BCUT2D eigenvalue weighted by atomic mass is 10.0. The lowest BCUT2D eigenvalue weighted by Gasteiger charge is -2.33. The zero-order chi connectivity index (χ0) is 19.2. The summed E-state index contributed by atoms with van der Waals surface area (Å²) in [6.07, 6.45) is 2.98. The second kappa shape index (κ2) is 9.13. The molecule has 1 aliphatic rings. The molecule has 0 radical (unpaired) electrons. The second-order valence-corrected chi connectivity index (χ2v) is 8.36. The fourth-order valence-electron chi connectivity index (χ4n) is 3.24. The Morgan fingerprint density at radius 3 is 2.81 bits per heavy atom. The molecule has 1 unspecified atom stereocenters. The quantitative estimate of drug-likeness (QED) is 0.831. The van der Waals surface area contributed by atoms with Crippen LogP contribution in [0.25, 0.3) is 0 Å². The van der Waals surface area contributed by atoms with Gasteiger partial charge < -0.3 is 10.2 Å². The fourth-order valence-corrected chi connectivity index (χ4v) is 4.07. The number of piperidine rings is 1. The number of hydrogen-bond acceptors (Lipinski definition) is 4. The third-order valence-electron chi connectivity index (χ3n) is 4.77. The van der Waals surface area contributed by atoms with Crippen molar-refractivity contribution in [2.75, 3.05) is 13.1 Å². The van der Waals surface area contributed by atoms with E-state index in [4.69, 9.17) is 0 Å². The molecule has 1 aliphatic heterocycles. The van der Waals surface area contributed by atoms with Crippen LogP contribution in [0.5, 0.6) is 0 Å². The number of nitrogens with one attached hydrogen (secondary N) is 1. The molecular formula is C21H27N3O2S. The largest absolute Gasteiger partial charge is 0.351 e. The highest BCUT2D eigenvalue weighted by Gasteiger charge is 2.25. The van der Waals surface area contributed by atoms with Gasteiger partial charge in [0, 0.05) is 36.9 Å². The number of aromatic nitrogens is 1. The van der Waals surface area contributed by atoms with Crippen LogP contribution in [0, 0.1) is 5.92 Å². The van der Waals surface area contributed by atoms with E-state index in [0.29, 0.717) is 13.0 Å². The number of nitrogens with zero attached hydrogens (tertiary/aromatic N) is 2. The summed E-state index contributed by atoms with van der Waals surface area (Å²) in [5.74, 6) is 0.114. The number of thiazole rings is 1. The fraction of sp³-hybridized carbons (Fsp3) is 0.476. The predicted molar refractivity (Wildman–Crippen MR) is 108 cm³/mol. The van der Waals surface area contributed by atoms with Gasteiger partial charge in [0.2, 0.25) is 11.8 Å². The van der Waals surface area contributed by atoms with Crippen molar-refractivity contribution in [3.8, 4) is 0 Å². The minimum absolute atomic E-state index is 0.0332. The van der Waals surface area contributed by atoms with Gasteiger partial charge in [0.05, 0.1) is 17.1 Å². The molecule has 1 saturated heterocycles. The van der Waals surface area contributed by atoms with Crippen LogP contribution in [-0.2, 0) is 22.4 Å². The number of carbonyl (C=O) groups excluding carboxylic acids is 2. The van der Waals surface area contributed by atoms with E-state index in [0.717, 1.165) is 36.5 Å². The van der Waals surface area contributed by atoms with Crippen LogP contribution in [0.2, 0.25) is 0 Å². The summed E-state index contributed by atoms with van der Waals surface area (Å²) >= 11 is 1.61. The Kier molecular flexibility index (Phi) is 6.61. The summed E-state index contributed by atoms with van der Waals surface area (Å²) in [6, 6.07) is 10.3. The molecule has 27 heavy (non-hydrogen) atoms. The first-order chi connectivity index (χ1) is 13.0. The number of carbonyl (C=O) groups is 2. The van der Waals surface area contributed by atoms with E-state index in [9.17, 15) is 9.59 Å². The van der Waals surface area contributed by atoms with E-state index in [-0.39, 0.29) is 23.8 Å². The Morgan fingerprint density at radius 1 is 1.30 bits per heavy atom. The van der Waals surface area contributed by atoms with Crippen molar-refractivity contribution in [1.29, 1.82) is 0 Å². The van der Waals surface area contributed by atoms with E-state index < -0.39 is 0 Å². The number of amides is 2. The lowest BCUT2D eigenvalue weighted by molar-refractivity contribution is -0.133. The van der Waals surface area contributed by atoms with Gasteiger partial charge in [-0.15, -0.1) is 11.3 Å². The molecule has 1 aromatic carbocycles. The van der Waals surface area contributed by atoms with Crippen LogP contribution >= 0.6 is 11.3 Å². The SMILES string of the molecule is CC(C)C(=O)NC1CCCN(C(=O)Cc2csc(Cc3ccccc3)n2)C1. The van der Waals surface area contributed by atoms with Crippen LogP contribution < -0.4 is 5.32 Å². The van der Waals surface area contributed by atoms with Gasteiger partial charge in [0.1, 0.15) is 0 Å². The van der Waals surface area contributed by atoms with Gasteiger partial charge in [0.25, 0.3) is 0 Å². The molecule has 1 N–H and O–H groups in total. The molecule has 0 bridgehead atoms. The topological polar surface area (TPSA) is 62.3 Å². The van der Waals surface area contributed by atoms with E-state index in [2.05, 4.69) is 22.4 Å². The monoisotopic (exact) mass is 385 g/mol. The number of rotatable bonds is 6. The van der Waals surface area contributed by atoms with Crippen molar-refractivity contribution in [2.24, 2.45) is 5.92 Å². The van der Waals surface area contributed by atoms with Gasteiger partial charge in [-0.3, -0.25) is 9.59 Å². The van der Waals surface area contributed by atoms with E-state index in [1.807, 2.05) is 42.3 Å². The van der Waals surface area contributed by atoms with Crippen LogP contribution in [0.15, 0.2) is 35.7 Å². The number of hydrogen-bond donors (Lipinski definition) is 1. The van der Waals surface area contributed by atoms with E-state index in [1.165, 1.54) is 5.56 Å². The molecule has 2 heterocycles. The number of likely N-dealkylation sites (tertiary alicyclic amines) is 1. The van der Waals surface area contributed by atoms with Crippen molar-refractivity contribution in [2.45, 2.75) is 45.6 Å². The van der Waals surface area contributed by atoms with Crippen molar-refractivity contribution < 1.29 is 9.59 Å². The second-order valence-electron chi connectivity index (χ2n) is 7.41. The Morgan fingerprint density at radius 2 is 2.07 bits per heavy atom. The Bertz CT molecular complexity index is 773. The highest BCUT2D eigenvalue weighted by Crippen LogP contribution is 2.17. The Balaban J connectivity index is 1.53. The van der Waals surface area contributed by atoms with E-state index in [1.54, 1.807) is 11.3 Å². The summed E-state index contributed by atoms with van der Waals surface area (Å²) in [6.45, 7) is 5.12. The molecule has 0 aliphatic carbocycles. The first-order valence-corrected chi connectivity index (χ1v) is 10.4. The summed E-state index contributed by atoms with van der Waals surface area (Å²) in [5.41, 5.74) is 2.06. The van der Waals surface area contributed by atoms with Gasteiger partial charge >= 0.3 is 0 Å². The summed E-state index contributed by atoms with van der Waals surface area (Å²) in [5, 5.41) is 6.07. The van der Waals surface area contributed by atoms with Crippen molar-refractivity contribution in [1.82, 2.24) is 15.2 Å². The molecule has 1 aromatic heterocycles. The van der Waals surface area contributed by atoms with Gasteiger partial charge in [-0.2, -0.15) is 0 Å². The average molecular weight is 386 g/mol. The molecule has 144 valence electrons. The predicted octanol–water partition coefficient (Wildman–Crippen LogP) is 3.04. The first kappa shape index (κ1) is 19.5. The van der Waals surface area contributed by atoms with Gasteiger partial charge in [-0.1, -0.05) is 44.2 Å². The summed E-state index contributed by atoms with van der Waals surface area (Å²) < 4.78 is 0. The highest BCUT2D eigenvalue weighted by molar-refractivity contribution is 7.09. The van der Waals surface area contributed by atoms with Gasteiger partial charge in [0.15, 0.2) is 0 Å². The molecule has 1 fully saturated rings. The average Bonchev–Trinajstić information content (AvgIpc) is 3.09. The van der Waals surface area contributed by atoms with Crippen LogP contribution in [0.1, 0.15) is 43.0 Å². The van der Waals surface area contributed by atoms with Crippen molar-refractivity contribution >= 4 is 23.2 Å². The molecule has 6 heteroatoms. The van der Waals surface area contributed by atoms with Gasteiger partial charge in [-0.05, 0) is 18.4 Å². The molecule has 1 atom stereocenters. The van der Waals surface area contributed by atoms with Crippen LogP contribution in [0.3, 0.4) is 0 Å². The molecule has 2 aromatic rings. The Labute approximate surface area is 164 Å². The molecule has 3 rings (SSSR count). The summed E-state index contributed by atoms with van der Waals surface area (Å²) in [7, 11) is 0. The molecule has 0 spiro atoms. The molecular weight excluding hydrogens is 358 g/mol. The highest BCUT2D eigenvalue weighted by atomic mass is 32.1. The Hall–Kier alpha value is -2.21. The lowest BCUT2D eigenvalue weighted by Crippen LogP contribution is -2.50. The standard InChI is InChI=1S/C21H27N3O2S/c1-15(2)21(26)23-17-9-6-10-24(13-17)20(25)12-18-14-27-19(22-18)11-16-7-4-3-5-8-16/h3-5,7-8,14-15,17H,6,9-13H2,1-2H3,(H,23,26). The smallest absolute Gasteiger partial charge is 0.228 e. The third kappa shape index (κ3) is 5.63. The van der Waals surface area contributed by atoms with Crippen molar-refractivity contribution in [3.05, 3.63) is 52.0 Å². The maximum absolute atomic E-state index is 12.7. The van der Waals surface area contributed by atoms with E-state index >= 15 is 0 Å². The maximum Gasteiger partial charge on any atom is 0.228 e. The zero-order valence-electron chi connectivity index (χ0n) is 16.0. The summed E-state index contributed by atoms with van der Waals surface area (Å²) in [4.78, 5) is 31.1. The molecule has 2 amide bonds. The molecule has 0 saturated carbocycles.